The highest BCUT2D eigenvalue weighted by atomic mass is 32.1. The lowest BCUT2D eigenvalue weighted by Crippen LogP contribution is -1.89. The van der Waals surface area contributed by atoms with E-state index in [2.05, 4.69) is 39.9 Å². The Hall–Kier alpha value is -1.87. The molecule has 0 amide bonds. The minimum absolute atomic E-state index is 1.07. The summed E-state index contributed by atoms with van der Waals surface area (Å²) in [7, 11) is 0. The molecule has 3 heteroatoms. The number of thiophene rings is 1. The quantitative estimate of drug-likeness (QED) is 0.713. The fourth-order valence-electron chi connectivity index (χ4n) is 1.68. The van der Waals surface area contributed by atoms with Crippen LogP contribution in [-0.4, -0.2) is 4.98 Å². The molecule has 0 aliphatic carbocycles. The van der Waals surface area contributed by atoms with Crippen LogP contribution in [0.3, 0.4) is 0 Å². The molecule has 0 unspecified atom stereocenters. The highest BCUT2D eigenvalue weighted by molar-refractivity contribution is 7.17. The molecule has 0 radical (unpaired) electrons. The number of rotatable bonds is 2. The molecular formula is C13H10N2S. The van der Waals surface area contributed by atoms with E-state index in [0.29, 0.717) is 0 Å². The summed E-state index contributed by atoms with van der Waals surface area (Å²) < 4.78 is 1.29. The van der Waals surface area contributed by atoms with Crippen molar-refractivity contribution in [3.63, 3.8) is 0 Å². The number of hydrogen-bond acceptors (Lipinski definition) is 3. The summed E-state index contributed by atoms with van der Waals surface area (Å²) in [5.74, 6) is 0. The maximum Gasteiger partial charge on any atom is 0.0577 e. The summed E-state index contributed by atoms with van der Waals surface area (Å²) in [5, 5.41) is 6.80. The van der Waals surface area contributed by atoms with Crippen molar-refractivity contribution in [2.45, 2.75) is 0 Å². The molecule has 2 nitrogen and oxygen atoms in total. The molecule has 0 saturated carbocycles. The molecule has 0 aliphatic heterocycles. The number of fused-ring (bicyclic) bond motifs is 1. The van der Waals surface area contributed by atoms with E-state index in [1.54, 1.807) is 23.7 Å². The zero-order valence-corrected chi connectivity index (χ0v) is 9.37. The zero-order chi connectivity index (χ0) is 10.8. The first-order valence-corrected chi connectivity index (χ1v) is 5.95. The second-order valence-corrected chi connectivity index (χ2v) is 4.42. The van der Waals surface area contributed by atoms with Crippen molar-refractivity contribution in [2.24, 2.45) is 0 Å². The molecule has 0 aliphatic rings. The Labute approximate surface area is 97.6 Å². The van der Waals surface area contributed by atoms with E-state index in [0.717, 1.165) is 11.4 Å². The van der Waals surface area contributed by atoms with Gasteiger partial charge in [0.25, 0.3) is 0 Å². The molecule has 1 N–H and O–H groups in total. The monoisotopic (exact) mass is 226 g/mol. The van der Waals surface area contributed by atoms with Crippen molar-refractivity contribution < 1.29 is 0 Å². The summed E-state index contributed by atoms with van der Waals surface area (Å²) in [4.78, 5) is 4.00. The van der Waals surface area contributed by atoms with Crippen LogP contribution in [0.5, 0.6) is 0 Å². The smallest absolute Gasteiger partial charge is 0.0577 e. The number of benzene rings is 1. The molecule has 78 valence electrons. The Balaban J connectivity index is 2.04. The predicted molar refractivity (Wildman–Crippen MR) is 69.3 cm³/mol. The standard InChI is InChI=1S/C13H10N2S/c1-2-10-6-9-16-13(10)12(3-1)15-11-4-7-14-8-5-11/h1-9H,(H,14,15). The maximum absolute atomic E-state index is 4.00. The van der Waals surface area contributed by atoms with Crippen LogP contribution in [0.2, 0.25) is 0 Å². The number of nitrogens with one attached hydrogen (secondary N) is 1. The molecule has 0 spiro atoms. The molecule has 0 saturated heterocycles. The Morgan fingerprint density at radius 1 is 1.00 bits per heavy atom. The van der Waals surface area contributed by atoms with Crippen LogP contribution in [0.4, 0.5) is 11.4 Å². The molecular weight excluding hydrogens is 216 g/mol. The van der Waals surface area contributed by atoms with Gasteiger partial charge in [0.2, 0.25) is 0 Å². The summed E-state index contributed by atoms with van der Waals surface area (Å²) in [6.45, 7) is 0. The zero-order valence-electron chi connectivity index (χ0n) is 8.55. The summed E-state index contributed by atoms with van der Waals surface area (Å²) >= 11 is 1.76. The lowest BCUT2D eigenvalue weighted by Gasteiger charge is -2.06. The van der Waals surface area contributed by atoms with E-state index in [-0.39, 0.29) is 0 Å². The van der Waals surface area contributed by atoms with Crippen molar-refractivity contribution in [3.05, 3.63) is 54.2 Å². The third-order valence-electron chi connectivity index (χ3n) is 2.44. The van der Waals surface area contributed by atoms with E-state index in [1.165, 1.54) is 10.1 Å². The van der Waals surface area contributed by atoms with Crippen LogP contribution in [-0.2, 0) is 0 Å². The molecule has 0 bridgehead atoms. The molecule has 1 aromatic carbocycles. The summed E-state index contributed by atoms with van der Waals surface area (Å²) in [6, 6.07) is 12.4. The fraction of sp³-hybridized carbons (Fsp3) is 0. The summed E-state index contributed by atoms with van der Waals surface area (Å²) in [6.07, 6.45) is 3.58. The van der Waals surface area contributed by atoms with Crippen molar-refractivity contribution >= 4 is 32.8 Å². The van der Waals surface area contributed by atoms with E-state index in [9.17, 15) is 0 Å². The van der Waals surface area contributed by atoms with E-state index in [1.807, 2.05) is 12.1 Å². The molecule has 3 aromatic rings. The first kappa shape index (κ1) is 9.36. The number of nitrogens with zero attached hydrogens (tertiary/aromatic N) is 1. The van der Waals surface area contributed by atoms with Crippen LogP contribution >= 0.6 is 11.3 Å². The second kappa shape index (κ2) is 3.94. The van der Waals surface area contributed by atoms with Crippen LogP contribution < -0.4 is 5.32 Å². The molecule has 2 heterocycles. The molecule has 16 heavy (non-hydrogen) atoms. The SMILES string of the molecule is c1cc(Nc2ccncc2)c2sccc2c1. The molecule has 3 rings (SSSR count). The van der Waals surface area contributed by atoms with Crippen molar-refractivity contribution in [3.8, 4) is 0 Å². The maximum atomic E-state index is 4.00. The third kappa shape index (κ3) is 1.66. The second-order valence-electron chi connectivity index (χ2n) is 3.51. The van der Waals surface area contributed by atoms with Crippen molar-refractivity contribution in [1.82, 2.24) is 4.98 Å². The van der Waals surface area contributed by atoms with Gasteiger partial charge in [-0.15, -0.1) is 11.3 Å². The van der Waals surface area contributed by atoms with Crippen LogP contribution in [0, 0.1) is 0 Å². The Morgan fingerprint density at radius 3 is 2.75 bits per heavy atom. The topological polar surface area (TPSA) is 24.9 Å². The van der Waals surface area contributed by atoms with Gasteiger partial charge < -0.3 is 5.32 Å². The number of hydrogen-bond donors (Lipinski definition) is 1. The van der Waals surface area contributed by atoms with Crippen LogP contribution in [0.15, 0.2) is 54.2 Å². The van der Waals surface area contributed by atoms with Gasteiger partial charge in [0, 0.05) is 18.1 Å². The Bertz CT molecular complexity index is 601. The van der Waals surface area contributed by atoms with E-state index < -0.39 is 0 Å². The molecule has 0 fully saturated rings. The normalized spacial score (nSPS) is 10.5. The van der Waals surface area contributed by atoms with Crippen LogP contribution in [0.1, 0.15) is 0 Å². The van der Waals surface area contributed by atoms with Gasteiger partial charge in [0.1, 0.15) is 0 Å². The number of pyridine rings is 1. The van der Waals surface area contributed by atoms with Gasteiger partial charge in [-0.05, 0) is 35.0 Å². The van der Waals surface area contributed by atoms with Gasteiger partial charge in [-0.25, -0.2) is 0 Å². The van der Waals surface area contributed by atoms with E-state index in [4.69, 9.17) is 0 Å². The van der Waals surface area contributed by atoms with Gasteiger partial charge in [-0.1, -0.05) is 12.1 Å². The Morgan fingerprint density at radius 2 is 1.88 bits per heavy atom. The average molecular weight is 226 g/mol. The van der Waals surface area contributed by atoms with Crippen molar-refractivity contribution in [1.29, 1.82) is 0 Å². The van der Waals surface area contributed by atoms with Gasteiger partial charge in [-0.2, -0.15) is 0 Å². The third-order valence-corrected chi connectivity index (χ3v) is 3.40. The van der Waals surface area contributed by atoms with Gasteiger partial charge in [0.05, 0.1) is 10.4 Å². The van der Waals surface area contributed by atoms with E-state index >= 15 is 0 Å². The number of aromatic nitrogens is 1. The lowest BCUT2D eigenvalue weighted by atomic mass is 10.2. The average Bonchev–Trinajstić information content (AvgIpc) is 2.80. The van der Waals surface area contributed by atoms with Gasteiger partial charge >= 0.3 is 0 Å². The first-order chi connectivity index (χ1) is 7.93. The highest BCUT2D eigenvalue weighted by Gasteiger charge is 2.01. The largest absolute Gasteiger partial charge is 0.354 e. The fourth-order valence-corrected chi connectivity index (χ4v) is 2.55. The summed E-state index contributed by atoms with van der Waals surface area (Å²) in [5.41, 5.74) is 2.22. The van der Waals surface area contributed by atoms with Crippen molar-refractivity contribution in [2.75, 3.05) is 5.32 Å². The van der Waals surface area contributed by atoms with Crippen LogP contribution in [0.25, 0.3) is 10.1 Å². The Kier molecular flexibility index (Phi) is 2.31. The number of anilines is 2. The molecule has 0 atom stereocenters. The van der Waals surface area contributed by atoms with Gasteiger partial charge in [0.15, 0.2) is 0 Å². The lowest BCUT2D eigenvalue weighted by molar-refractivity contribution is 1.33. The predicted octanol–water partition coefficient (Wildman–Crippen LogP) is 4.04. The minimum Gasteiger partial charge on any atom is -0.354 e. The highest BCUT2D eigenvalue weighted by Crippen LogP contribution is 2.30. The molecule has 2 aromatic heterocycles. The minimum atomic E-state index is 1.07. The van der Waals surface area contributed by atoms with Gasteiger partial charge in [-0.3, -0.25) is 4.98 Å². The first-order valence-electron chi connectivity index (χ1n) is 5.07.